The second kappa shape index (κ2) is 8.11. The Morgan fingerprint density at radius 2 is 1.87 bits per heavy atom. The van der Waals surface area contributed by atoms with Gasteiger partial charge in [0.1, 0.15) is 11.6 Å². The van der Waals surface area contributed by atoms with Gasteiger partial charge in [-0.2, -0.15) is 0 Å². The van der Waals surface area contributed by atoms with Crippen LogP contribution in [0.3, 0.4) is 0 Å². The van der Waals surface area contributed by atoms with Crippen LogP contribution >= 0.6 is 0 Å². The van der Waals surface area contributed by atoms with Crippen molar-refractivity contribution in [2.45, 2.75) is 39.4 Å². The molecule has 1 aromatic heterocycles. The number of hydrogen-bond acceptors (Lipinski definition) is 3. The minimum Gasteiger partial charge on any atom is -0.496 e. The minimum atomic E-state index is -0.223. The van der Waals surface area contributed by atoms with Gasteiger partial charge in [0.05, 0.1) is 12.7 Å². The number of nitrogens with one attached hydrogen (secondary N) is 1. The van der Waals surface area contributed by atoms with Crippen LogP contribution in [-0.2, 0) is 6.54 Å². The molecule has 1 aliphatic heterocycles. The first-order valence-electron chi connectivity index (χ1n) is 10.3. The van der Waals surface area contributed by atoms with E-state index < -0.39 is 0 Å². The highest BCUT2D eigenvalue weighted by Crippen LogP contribution is 2.29. The largest absolute Gasteiger partial charge is 0.496 e. The summed E-state index contributed by atoms with van der Waals surface area (Å²) in [7, 11) is 1.60. The molecule has 1 amide bonds. The number of ether oxygens (including phenoxy) is 1. The normalized spacial score (nSPS) is 20.0. The van der Waals surface area contributed by atoms with Crippen molar-refractivity contribution >= 4 is 16.8 Å². The van der Waals surface area contributed by atoms with Gasteiger partial charge in [-0.3, -0.25) is 9.69 Å². The Morgan fingerprint density at radius 1 is 1.13 bits per heavy atom. The molecule has 0 bridgehead atoms. The van der Waals surface area contributed by atoms with Crippen molar-refractivity contribution in [2.75, 3.05) is 20.2 Å². The molecule has 0 saturated carbocycles. The van der Waals surface area contributed by atoms with Gasteiger partial charge in [0, 0.05) is 54.4 Å². The molecule has 3 aromatic rings. The van der Waals surface area contributed by atoms with Gasteiger partial charge >= 0.3 is 0 Å². The number of amides is 1. The first-order chi connectivity index (χ1) is 14.4. The average Bonchev–Trinajstić information content (AvgIpc) is 3.09. The summed E-state index contributed by atoms with van der Waals surface area (Å²) >= 11 is 0. The molecule has 1 fully saturated rings. The van der Waals surface area contributed by atoms with Gasteiger partial charge in [-0.15, -0.1) is 0 Å². The third kappa shape index (κ3) is 3.92. The number of aryl methyl sites for hydroxylation is 1. The second-order valence-electron chi connectivity index (χ2n) is 8.30. The van der Waals surface area contributed by atoms with Crippen LogP contribution in [0.25, 0.3) is 10.9 Å². The van der Waals surface area contributed by atoms with Gasteiger partial charge < -0.3 is 14.6 Å². The van der Waals surface area contributed by atoms with Crippen molar-refractivity contribution in [1.82, 2.24) is 14.8 Å². The fourth-order valence-corrected chi connectivity index (χ4v) is 4.32. The molecule has 2 atom stereocenters. The first kappa shape index (κ1) is 20.4. The molecular weight excluding hydrogens is 381 g/mol. The summed E-state index contributed by atoms with van der Waals surface area (Å²) in [6.07, 6.45) is 0. The van der Waals surface area contributed by atoms with Gasteiger partial charge in [-0.05, 0) is 50.6 Å². The Hall–Kier alpha value is -2.86. The number of carbonyl (C=O) groups is 1. The number of aromatic nitrogens is 1. The summed E-state index contributed by atoms with van der Waals surface area (Å²) in [5.74, 6) is 0.357. The summed E-state index contributed by atoms with van der Waals surface area (Å²) in [4.78, 5) is 21.0. The fourth-order valence-electron chi connectivity index (χ4n) is 4.32. The summed E-state index contributed by atoms with van der Waals surface area (Å²) in [6, 6.07) is 12.7. The average molecular weight is 410 g/mol. The Kier molecular flexibility index (Phi) is 5.52. The first-order valence-corrected chi connectivity index (χ1v) is 10.3. The predicted octanol–water partition coefficient (Wildman–Crippen LogP) is 4.36. The van der Waals surface area contributed by atoms with Crippen LogP contribution in [0.1, 0.15) is 35.5 Å². The van der Waals surface area contributed by atoms with Crippen molar-refractivity contribution in [3.63, 3.8) is 0 Å². The van der Waals surface area contributed by atoms with Crippen LogP contribution in [-0.4, -0.2) is 53.0 Å². The molecule has 0 radical (unpaired) electrons. The number of fused-ring (bicyclic) bond motifs is 1. The minimum absolute atomic E-state index is 0.00612. The number of hydrogen-bond donors (Lipinski definition) is 1. The number of halogens is 1. The van der Waals surface area contributed by atoms with E-state index >= 15 is 0 Å². The zero-order valence-corrected chi connectivity index (χ0v) is 17.9. The molecule has 158 valence electrons. The number of nitrogens with zero attached hydrogens (tertiary/aromatic N) is 2. The summed E-state index contributed by atoms with van der Waals surface area (Å²) in [5, 5.41) is 1.01. The quantitative estimate of drug-likeness (QED) is 0.697. The smallest absolute Gasteiger partial charge is 0.257 e. The van der Waals surface area contributed by atoms with E-state index in [2.05, 4.69) is 23.7 Å². The number of aromatic amines is 1. The van der Waals surface area contributed by atoms with Gasteiger partial charge in [-0.1, -0.05) is 12.1 Å². The lowest BCUT2D eigenvalue weighted by Crippen LogP contribution is -2.57. The van der Waals surface area contributed by atoms with E-state index in [-0.39, 0.29) is 23.8 Å². The molecular formula is C24H28FN3O2. The molecule has 6 heteroatoms. The van der Waals surface area contributed by atoms with Crippen LogP contribution in [0.4, 0.5) is 4.39 Å². The van der Waals surface area contributed by atoms with Crippen molar-refractivity contribution in [3.8, 4) is 5.75 Å². The molecule has 2 heterocycles. The standard InChI is InChI=1S/C24H28FN3O2/c1-15-9-19-10-21(23(30-4)11-22(19)26-15)24(29)28-13-16(2)27(12-17(28)3)14-18-5-7-20(25)8-6-18/h5-11,16-17,26H,12-14H2,1-4H3/t16-,17+/m0/s1. The lowest BCUT2D eigenvalue weighted by atomic mass is 10.0. The Morgan fingerprint density at radius 3 is 2.57 bits per heavy atom. The topological polar surface area (TPSA) is 48.6 Å². The third-order valence-electron chi connectivity index (χ3n) is 5.98. The molecule has 1 aliphatic rings. The van der Waals surface area contributed by atoms with E-state index in [4.69, 9.17) is 4.74 Å². The molecule has 4 rings (SSSR count). The summed E-state index contributed by atoms with van der Waals surface area (Å²) < 4.78 is 18.7. The van der Waals surface area contributed by atoms with E-state index in [9.17, 15) is 9.18 Å². The second-order valence-corrected chi connectivity index (χ2v) is 8.30. The number of carbonyl (C=O) groups excluding carboxylic acids is 1. The molecule has 1 saturated heterocycles. The maximum atomic E-state index is 13.5. The van der Waals surface area contributed by atoms with Crippen LogP contribution in [0.15, 0.2) is 42.5 Å². The third-order valence-corrected chi connectivity index (χ3v) is 5.98. The summed E-state index contributed by atoms with van der Waals surface area (Å²) in [5.41, 5.74) is 3.68. The number of benzene rings is 2. The van der Waals surface area contributed by atoms with Crippen LogP contribution in [0.2, 0.25) is 0 Å². The van der Waals surface area contributed by atoms with Crippen LogP contribution in [0, 0.1) is 12.7 Å². The van der Waals surface area contributed by atoms with Crippen molar-refractivity contribution in [1.29, 1.82) is 0 Å². The molecule has 0 unspecified atom stereocenters. The van der Waals surface area contributed by atoms with Gasteiger partial charge in [0.25, 0.3) is 5.91 Å². The zero-order chi connectivity index (χ0) is 21.4. The Bertz CT molecular complexity index is 1060. The Balaban J connectivity index is 1.54. The lowest BCUT2D eigenvalue weighted by Gasteiger charge is -2.44. The molecule has 0 spiro atoms. The van der Waals surface area contributed by atoms with Crippen molar-refractivity contribution in [2.24, 2.45) is 0 Å². The highest BCUT2D eigenvalue weighted by Gasteiger charge is 2.33. The van der Waals surface area contributed by atoms with E-state index in [1.165, 1.54) is 12.1 Å². The maximum absolute atomic E-state index is 13.5. The fraction of sp³-hybridized carbons (Fsp3) is 0.375. The van der Waals surface area contributed by atoms with E-state index in [1.807, 2.05) is 42.2 Å². The molecule has 2 aromatic carbocycles. The maximum Gasteiger partial charge on any atom is 0.257 e. The van der Waals surface area contributed by atoms with E-state index in [0.717, 1.165) is 35.2 Å². The molecule has 1 N–H and O–H groups in total. The summed E-state index contributed by atoms with van der Waals surface area (Å²) in [6.45, 7) is 8.34. The van der Waals surface area contributed by atoms with Crippen LogP contribution < -0.4 is 4.74 Å². The van der Waals surface area contributed by atoms with Gasteiger partial charge in [0.15, 0.2) is 0 Å². The van der Waals surface area contributed by atoms with Gasteiger partial charge in [-0.25, -0.2) is 4.39 Å². The number of methoxy groups -OCH3 is 1. The number of rotatable bonds is 4. The monoisotopic (exact) mass is 409 g/mol. The van der Waals surface area contributed by atoms with E-state index in [1.54, 1.807) is 7.11 Å². The van der Waals surface area contributed by atoms with Gasteiger partial charge in [0.2, 0.25) is 0 Å². The van der Waals surface area contributed by atoms with Crippen molar-refractivity contribution in [3.05, 3.63) is 65.1 Å². The van der Waals surface area contributed by atoms with E-state index in [0.29, 0.717) is 17.9 Å². The SMILES string of the molecule is COc1cc2[nH]c(C)cc2cc1C(=O)N1C[C@H](C)N(Cc2ccc(F)cc2)C[C@H]1C. The number of piperazine rings is 1. The Labute approximate surface area is 176 Å². The van der Waals surface area contributed by atoms with Crippen LogP contribution in [0.5, 0.6) is 5.75 Å². The highest BCUT2D eigenvalue weighted by atomic mass is 19.1. The van der Waals surface area contributed by atoms with Crippen molar-refractivity contribution < 1.29 is 13.9 Å². The lowest BCUT2D eigenvalue weighted by molar-refractivity contribution is 0.0288. The predicted molar refractivity (Wildman–Crippen MR) is 116 cm³/mol. The molecule has 0 aliphatic carbocycles. The zero-order valence-electron chi connectivity index (χ0n) is 17.9. The number of H-pyrrole nitrogens is 1. The molecule has 30 heavy (non-hydrogen) atoms. The molecule has 5 nitrogen and oxygen atoms in total. The highest BCUT2D eigenvalue weighted by molar-refractivity contribution is 6.01.